The van der Waals surface area contributed by atoms with Crippen LogP contribution >= 0.6 is 11.6 Å². The molecule has 0 saturated heterocycles. The molecule has 1 saturated carbocycles. The van der Waals surface area contributed by atoms with Gasteiger partial charge in [-0.2, -0.15) is 0 Å². The molecule has 1 aromatic carbocycles. The number of hydrogen-bond acceptors (Lipinski definition) is 3. The molecule has 0 spiro atoms. The van der Waals surface area contributed by atoms with Crippen molar-refractivity contribution in [2.24, 2.45) is 5.92 Å². The number of nitrogens with one attached hydrogen (secondary N) is 1. The lowest BCUT2D eigenvalue weighted by molar-refractivity contribution is 0.337. The van der Waals surface area contributed by atoms with Crippen molar-refractivity contribution in [2.45, 2.75) is 31.6 Å². The Balaban J connectivity index is 1.88. The SMILES string of the molecule is CNCC(c1cc2c(c(-c3cccc(F)c3Cl)n1)OCC2C)C1CC1. The number of fused-ring (bicyclic) bond motifs is 1. The van der Waals surface area contributed by atoms with Gasteiger partial charge in [-0.1, -0.05) is 30.7 Å². The Labute approximate surface area is 152 Å². The number of likely N-dealkylation sites (N-methyl/N-ethyl adjacent to an activating group) is 1. The van der Waals surface area contributed by atoms with Crippen molar-refractivity contribution >= 4 is 11.6 Å². The largest absolute Gasteiger partial charge is 0.490 e. The highest BCUT2D eigenvalue weighted by molar-refractivity contribution is 6.33. The maximum atomic E-state index is 14.0. The van der Waals surface area contributed by atoms with Crippen LogP contribution in [0.15, 0.2) is 24.3 Å². The van der Waals surface area contributed by atoms with Gasteiger partial charge in [0.25, 0.3) is 0 Å². The van der Waals surface area contributed by atoms with Crippen LogP contribution in [0.5, 0.6) is 5.75 Å². The molecular weight excluding hydrogens is 339 g/mol. The molecule has 1 aliphatic heterocycles. The van der Waals surface area contributed by atoms with Crippen LogP contribution in [0.2, 0.25) is 5.02 Å². The van der Waals surface area contributed by atoms with Crippen LogP contribution in [0.4, 0.5) is 4.39 Å². The Morgan fingerprint density at radius 1 is 1.40 bits per heavy atom. The summed E-state index contributed by atoms with van der Waals surface area (Å²) in [6.45, 7) is 3.67. The minimum Gasteiger partial charge on any atom is -0.490 e. The molecule has 1 aromatic heterocycles. The second-order valence-corrected chi connectivity index (χ2v) is 7.51. The summed E-state index contributed by atoms with van der Waals surface area (Å²) in [5, 5.41) is 3.39. The standard InChI is InChI=1S/C20H22ClFN2O/c1-11-10-25-20-14(11)8-17(15(9-23-2)12-6-7-12)24-19(20)13-4-3-5-16(22)18(13)21/h3-5,8,11-12,15,23H,6-7,9-10H2,1-2H3. The average molecular weight is 361 g/mol. The summed E-state index contributed by atoms with van der Waals surface area (Å²) >= 11 is 6.25. The summed E-state index contributed by atoms with van der Waals surface area (Å²) in [4.78, 5) is 4.92. The predicted octanol–water partition coefficient (Wildman–Crippen LogP) is 4.75. The molecule has 2 aromatic rings. The Bertz CT molecular complexity index is 807. The van der Waals surface area contributed by atoms with E-state index in [4.69, 9.17) is 21.3 Å². The van der Waals surface area contributed by atoms with E-state index in [9.17, 15) is 4.39 Å². The molecule has 0 radical (unpaired) electrons. The zero-order valence-electron chi connectivity index (χ0n) is 14.5. The van der Waals surface area contributed by atoms with Gasteiger partial charge in [-0.05, 0) is 37.9 Å². The average Bonchev–Trinajstić information content (AvgIpc) is 3.38. The zero-order chi connectivity index (χ0) is 17.6. The van der Waals surface area contributed by atoms with Gasteiger partial charge in [0.1, 0.15) is 17.3 Å². The fraction of sp³-hybridized carbons (Fsp3) is 0.450. The van der Waals surface area contributed by atoms with Crippen LogP contribution < -0.4 is 10.1 Å². The molecular formula is C20H22ClFN2O. The third-order valence-electron chi connectivity index (χ3n) is 5.23. The highest BCUT2D eigenvalue weighted by atomic mass is 35.5. The predicted molar refractivity (Wildman–Crippen MR) is 97.9 cm³/mol. The fourth-order valence-corrected chi connectivity index (χ4v) is 3.90. The summed E-state index contributed by atoms with van der Waals surface area (Å²) in [6, 6.07) is 7.04. The van der Waals surface area contributed by atoms with E-state index in [1.165, 1.54) is 18.9 Å². The van der Waals surface area contributed by atoms with Crippen molar-refractivity contribution in [2.75, 3.05) is 20.2 Å². The first-order valence-corrected chi connectivity index (χ1v) is 9.24. The molecule has 2 atom stereocenters. The fourth-order valence-electron chi connectivity index (χ4n) is 3.68. The minimum absolute atomic E-state index is 0.106. The van der Waals surface area contributed by atoms with Gasteiger partial charge in [0.2, 0.25) is 0 Å². The molecule has 1 fully saturated rings. The van der Waals surface area contributed by atoms with E-state index < -0.39 is 5.82 Å². The Morgan fingerprint density at radius 2 is 2.20 bits per heavy atom. The molecule has 132 valence electrons. The summed E-state index contributed by atoms with van der Waals surface area (Å²) in [5.74, 6) is 1.67. The van der Waals surface area contributed by atoms with Crippen LogP contribution in [0.3, 0.4) is 0 Å². The molecule has 2 aliphatic rings. The quantitative estimate of drug-likeness (QED) is 0.835. The third kappa shape index (κ3) is 3.02. The summed E-state index contributed by atoms with van der Waals surface area (Å²) < 4.78 is 19.9. The van der Waals surface area contributed by atoms with Crippen molar-refractivity contribution in [1.29, 1.82) is 0 Å². The molecule has 25 heavy (non-hydrogen) atoms. The van der Waals surface area contributed by atoms with Gasteiger partial charge < -0.3 is 10.1 Å². The van der Waals surface area contributed by atoms with E-state index in [-0.39, 0.29) is 5.02 Å². The van der Waals surface area contributed by atoms with Gasteiger partial charge >= 0.3 is 0 Å². The third-order valence-corrected chi connectivity index (χ3v) is 5.62. The van der Waals surface area contributed by atoms with Crippen LogP contribution in [-0.4, -0.2) is 25.2 Å². The van der Waals surface area contributed by atoms with Gasteiger partial charge in [0.15, 0.2) is 0 Å². The lowest BCUT2D eigenvalue weighted by Gasteiger charge is -2.19. The van der Waals surface area contributed by atoms with Crippen molar-refractivity contribution < 1.29 is 9.13 Å². The monoisotopic (exact) mass is 360 g/mol. The van der Waals surface area contributed by atoms with Crippen molar-refractivity contribution in [3.63, 3.8) is 0 Å². The first-order valence-electron chi connectivity index (χ1n) is 8.86. The molecule has 4 rings (SSSR count). The number of nitrogens with zero attached hydrogens (tertiary/aromatic N) is 1. The summed E-state index contributed by atoms with van der Waals surface area (Å²) in [7, 11) is 1.97. The maximum absolute atomic E-state index is 14.0. The Hall–Kier alpha value is -1.65. The van der Waals surface area contributed by atoms with E-state index in [1.54, 1.807) is 6.07 Å². The number of hydrogen-bond donors (Lipinski definition) is 1. The van der Waals surface area contributed by atoms with Crippen LogP contribution in [0.1, 0.15) is 42.9 Å². The number of rotatable bonds is 5. The normalized spacial score (nSPS) is 20.2. The summed E-state index contributed by atoms with van der Waals surface area (Å²) in [5.41, 5.74) is 3.49. The molecule has 1 aliphatic carbocycles. The number of benzene rings is 1. The molecule has 5 heteroatoms. The number of pyridine rings is 1. The summed E-state index contributed by atoms with van der Waals surface area (Å²) in [6.07, 6.45) is 2.49. The molecule has 2 unspecified atom stereocenters. The smallest absolute Gasteiger partial charge is 0.149 e. The first kappa shape index (κ1) is 16.8. The second-order valence-electron chi connectivity index (χ2n) is 7.13. The van der Waals surface area contributed by atoms with E-state index >= 15 is 0 Å². The van der Waals surface area contributed by atoms with Crippen LogP contribution in [0.25, 0.3) is 11.3 Å². The minimum atomic E-state index is -0.430. The second kappa shape index (κ2) is 6.58. The first-order chi connectivity index (χ1) is 12.1. The van der Waals surface area contributed by atoms with E-state index in [2.05, 4.69) is 18.3 Å². The van der Waals surface area contributed by atoms with Gasteiger partial charge in [0, 0.05) is 35.2 Å². The van der Waals surface area contributed by atoms with Gasteiger partial charge in [0.05, 0.1) is 11.6 Å². The molecule has 0 amide bonds. The van der Waals surface area contributed by atoms with Crippen molar-refractivity contribution in [1.82, 2.24) is 10.3 Å². The van der Waals surface area contributed by atoms with E-state index in [0.29, 0.717) is 35.6 Å². The molecule has 3 nitrogen and oxygen atoms in total. The zero-order valence-corrected chi connectivity index (χ0v) is 15.2. The van der Waals surface area contributed by atoms with E-state index in [0.717, 1.165) is 23.6 Å². The van der Waals surface area contributed by atoms with Gasteiger partial charge in [-0.3, -0.25) is 0 Å². The molecule has 2 heterocycles. The molecule has 1 N–H and O–H groups in total. The number of ether oxygens (including phenoxy) is 1. The van der Waals surface area contributed by atoms with Gasteiger partial charge in [-0.15, -0.1) is 0 Å². The highest BCUT2D eigenvalue weighted by Gasteiger charge is 2.35. The van der Waals surface area contributed by atoms with E-state index in [1.807, 2.05) is 13.1 Å². The lowest BCUT2D eigenvalue weighted by Crippen LogP contribution is -2.20. The van der Waals surface area contributed by atoms with Crippen LogP contribution in [-0.2, 0) is 0 Å². The Kier molecular flexibility index (Phi) is 4.42. The molecule has 0 bridgehead atoms. The lowest BCUT2D eigenvalue weighted by atomic mass is 9.93. The van der Waals surface area contributed by atoms with Gasteiger partial charge in [-0.25, -0.2) is 9.37 Å². The van der Waals surface area contributed by atoms with Crippen LogP contribution in [0, 0.1) is 11.7 Å². The van der Waals surface area contributed by atoms with Crippen molar-refractivity contribution in [3.8, 4) is 17.0 Å². The number of aromatic nitrogens is 1. The van der Waals surface area contributed by atoms with Crippen molar-refractivity contribution in [3.05, 3.63) is 46.4 Å². The Morgan fingerprint density at radius 3 is 2.92 bits per heavy atom. The maximum Gasteiger partial charge on any atom is 0.149 e. The topological polar surface area (TPSA) is 34.2 Å². The number of halogens is 2. The highest BCUT2D eigenvalue weighted by Crippen LogP contribution is 2.47.